The molecule has 2 heteroatoms. The summed E-state index contributed by atoms with van der Waals surface area (Å²) in [5.74, 6) is 1.51. The predicted molar refractivity (Wildman–Crippen MR) is 64.9 cm³/mol. The molecule has 1 rings (SSSR count). The second kappa shape index (κ2) is 7.24. The lowest BCUT2D eigenvalue weighted by Gasteiger charge is -2.26. The molecule has 0 bridgehead atoms. The fourth-order valence-electron chi connectivity index (χ4n) is 2.58. The zero-order valence-corrected chi connectivity index (χ0v) is 10.3. The third-order valence-corrected chi connectivity index (χ3v) is 3.46. The number of hydrogen-bond donors (Lipinski definition) is 2. The van der Waals surface area contributed by atoms with Crippen molar-refractivity contribution in [3.05, 3.63) is 0 Å². The Morgan fingerprint density at radius 2 is 2.20 bits per heavy atom. The van der Waals surface area contributed by atoms with E-state index in [4.69, 9.17) is 0 Å². The Labute approximate surface area is 94.5 Å². The van der Waals surface area contributed by atoms with Crippen molar-refractivity contribution < 1.29 is 5.11 Å². The van der Waals surface area contributed by atoms with Crippen molar-refractivity contribution in [2.45, 2.75) is 58.5 Å². The van der Waals surface area contributed by atoms with Crippen LogP contribution < -0.4 is 5.32 Å². The fraction of sp³-hybridized carbons (Fsp3) is 1.00. The minimum atomic E-state index is -0.0291. The Balaban J connectivity index is 2.03. The molecule has 1 saturated carbocycles. The summed E-state index contributed by atoms with van der Waals surface area (Å²) in [6.45, 7) is 6.80. The van der Waals surface area contributed by atoms with Gasteiger partial charge in [0.05, 0.1) is 6.10 Å². The van der Waals surface area contributed by atoms with Crippen LogP contribution in [0.1, 0.15) is 52.4 Å². The Hall–Kier alpha value is -0.0800. The van der Waals surface area contributed by atoms with E-state index >= 15 is 0 Å². The lowest BCUT2D eigenvalue weighted by Crippen LogP contribution is -2.31. The van der Waals surface area contributed by atoms with Gasteiger partial charge in [-0.1, -0.05) is 26.7 Å². The maximum absolute atomic E-state index is 9.54. The molecule has 2 N–H and O–H groups in total. The Morgan fingerprint density at radius 1 is 1.40 bits per heavy atom. The molecule has 0 radical (unpaired) electrons. The number of aliphatic hydroxyl groups is 1. The highest BCUT2D eigenvalue weighted by Gasteiger charge is 2.19. The van der Waals surface area contributed by atoms with E-state index in [1.807, 2.05) is 0 Å². The van der Waals surface area contributed by atoms with Crippen molar-refractivity contribution >= 4 is 0 Å². The second-order valence-corrected chi connectivity index (χ2v) is 5.24. The third-order valence-electron chi connectivity index (χ3n) is 3.46. The summed E-state index contributed by atoms with van der Waals surface area (Å²) in [7, 11) is 0. The van der Waals surface area contributed by atoms with Crippen LogP contribution in [-0.2, 0) is 0 Å². The molecule has 90 valence electrons. The summed E-state index contributed by atoms with van der Waals surface area (Å²) in [5, 5.41) is 13.1. The van der Waals surface area contributed by atoms with Crippen LogP contribution in [0.15, 0.2) is 0 Å². The van der Waals surface area contributed by atoms with Crippen molar-refractivity contribution in [3.8, 4) is 0 Å². The SMILES string of the molecule is CCCC(C)CNCC1CCCC(O)C1. The molecule has 1 fully saturated rings. The fourth-order valence-corrected chi connectivity index (χ4v) is 2.58. The largest absolute Gasteiger partial charge is 0.393 e. The quantitative estimate of drug-likeness (QED) is 0.711. The van der Waals surface area contributed by atoms with Crippen LogP contribution in [-0.4, -0.2) is 24.3 Å². The molecule has 0 aromatic carbocycles. The van der Waals surface area contributed by atoms with Crippen LogP contribution in [0.2, 0.25) is 0 Å². The highest BCUT2D eigenvalue weighted by atomic mass is 16.3. The lowest BCUT2D eigenvalue weighted by molar-refractivity contribution is 0.100. The second-order valence-electron chi connectivity index (χ2n) is 5.24. The van der Waals surface area contributed by atoms with Gasteiger partial charge in [0.15, 0.2) is 0 Å². The molecular formula is C13H27NO. The number of hydrogen-bond acceptors (Lipinski definition) is 2. The first-order chi connectivity index (χ1) is 7.22. The minimum absolute atomic E-state index is 0.0291. The molecule has 0 aliphatic heterocycles. The van der Waals surface area contributed by atoms with Crippen LogP contribution in [0.3, 0.4) is 0 Å². The van der Waals surface area contributed by atoms with E-state index in [2.05, 4.69) is 19.2 Å². The molecule has 2 nitrogen and oxygen atoms in total. The van der Waals surface area contributed by atoms with Crippen molar-refractivity contribution in [2.24, 2.45) is 11.8 Å². The zero-order chi connectivity index (χ0) is 11.1. The average Bonchev–Trinajstić information content (AvgIpc) is 2.18. The molecular weight excluding hydrogens is 186 g/mol. The zero-order valence-electron chi connectivity index (χ0n) is 10.3. The lowest BCUT2D eigenvalue weighted by atomic mass is 9.87. The average molecular weight is 213 g/mol. The van der Waals surface area contributed by atoms with Crippen LogP contribution in [0.5, 0.6) is 0 Å². The van der Waals surface area contributed by atoms with Gasteiger partial charge in [-0.25, -0.2) is 0 Å². The minimum Gasteiger partial charge on any atom is -0.393 e. The van der Waals surface area contributed by atoms with E-state index in [-0.39, 0.29) is 6.10 Å². The Kier molecular flexibility index (Phi) is 6.26. The molecule has 0 spiro atoms. The van der Waals surface area contributed by atoms with Gasteiger partial charge in [-0.15, -0.1) is 0 Å². The molecule has 1 aliphatic rings. The third kappa shape index (κ3) is 5.53. The molecule has 0 aromatic heterocycles. The van der Waals surface area contributed by atoms with Crippen molar-refractivity contribution in [1.29, 1.82) is 0 Å². The highest BCUT2D eigenvalue weighted by molar-refractivity contribution is 4.74. The number of aliphatic hydroxyl groups excluding tert-OH is 1. The van der Waals surface area contributed by atoms with Gasteiger partial charge in [0.2, 0.25) is 0 Å². The first kappa shape index (κ1) is 13.0. The topological polar surface area (TPSA) is 32.3 Å². The van der Waals surface area contributed by atoms with Crippen LogP contribution >= 0.6 is 0 Å². The monoisotopic (exact) mass is 213 g/mol. The maximum atomic E-state index is 9.54. The maximum Gasteiger partial charge on any atom is 0.0543 e. The molecule has 15 heavy (non-hydrogen) atoms. The van der Waals surface area contributed by atoms with Gasteiger partial charge < -0.3 is 10.4 Å². The predicted octanol–water partition coefficient (Wildman–Crippen LogP) is 2.56. The summed E-state index contributed by atoms with van der Waals surface area (Å²) in [6, 6.07) is 0. The van der Waals surface area contributed by atoms with Gasteiger partial charge in [-0.2, -0.15) is 0 Å². The summed E-state index contributed by atoms with van der Waals surface area (Å²) < 4.78 is 0. The molecule has 0 amide bonds. The Morgan fingerprint density at radius 3 is 2.87 bits per heavy atom. The van der Waals surface area contributed by atoms with E-state index < -0.39 is 0 Å². The first-order valence-electron chi connectivity index (χ1n) is 6.61. The van der Waals surface area contributed by atoms with E-state index in [0.29, 0.717) is 5.92 Å². The molecule has 3 unspecified atom stereocenters. The van der Waals surface area contributed by atoms with E-state index in [1.165, 1.54) is 25.7 Å². The molecule has 3 atom stereocenters. The number of rotatable bonds is 6. The molecule has 1 aliphatic carbocycles. The highest BCUT2D eigenvalue weighted by Crippen LogP contribution is 2.23. The standard InChI is InChI=1S/C13H27NO/c1-3-5-11(2)9-14-10-12-6-4-7-13(15)8-12/h11-15H,3-10H2,1-2H3. The first-order valence-corrected chi connectivity index (χ1v) is 6.61. The summed E-state index contributed by atoms with van der Waals surface area (Å²) >= 11 is 0. The van der Waals surface area contributed by atoms with E-state index in [9.17, 15) is 5.11 Å². The van der Waals surface area contributed by atoms with Crippen LogP contribution in [0.4, 0.5) is 0 Å². The Bertz CT molecular complexity index is 161. The number of nitrogens with one attached hydrogen (secondary N) is 1. The van der Waals surface area contributed by atoms with E-state index in [0.717, 1.165) is 31.8 Å². The van der Waals surface area contributed by atoms with E-state index in [1.54, 1.807) is 0 Å². The summed E-state index contributed by atoms with van der Waals surface area (Å²) in [5.41, 5.74) is 0. The summed E-state index contributed by atoms with van der Waals surface area (Å²) in [6.07, 6.45) is 7.10. The van der Waals surface area contributed by atoms with Gasteiger partial charge in [-0.05, 0) is 50.6 Å². The van der Waals surface area contributed by atoms with Crippen LogP contribution in [0, 0.1) is 11.8 Å². The van der Waals surface area contributed by atoms with Gasteiger partial charge in [-0.3, -0.25) is 0 Å². The normalized spacial score (nSPS) is 29.0. The van der Waals surface area contributed by atoms with Crippen molar-refractivity contribution in [1.82, 2.24) is 5.32 Å². The van der Waals surface area contributed by atoms with Crippen molar-refractivity contribution in [3.63, 3.8) is 0 Å². The van der Waals surface area contributed by atoms with Gasteiger partial charge in [0.1, 0.15) is 0 Å². The summed E-state index contributed by atoms with van der Waals surface area (Å²) in [4.78, 5) is 0. The molecule has 0 saturated heterocycles. The van der Waals surface area contributed by atoms with Gasteiger partial charge in [0, 0.05) is 0 Å². The van der Waals surface area contributed by atoms with Gasteiger partial charge in [0.25, 0.3) is 0 Å². The molecule has 0 aromatic rings. The van der Waals surface area contributed by atoms with Crippen molar-refractivity contribution in [2.75, 3.05) is 13.1 Å². The molecule has 0 heterocycles. The van der Waals surface area contributed by atoms with Crippen LogP contribution in [0.25, 0.3) is 0 Å². The van der Waals surface area contributed by atoms with Gasteiger partial charge >= 0.3 is 0 Å². The smallest absolute Gasteiger partial charge is 0.0543 e.